The van der Waals surface area contributed by atoms with Gasteiger partial charge in [0.25, 0.3) is 5.91 Å². The van der Waals surface area contributed by atoms with Crippen LogP contribution in [0.3, 0.4) is 0 Å². The molecule has 0 radical (unpaired) electrons. The van der Waals surface area contributed by atoms with Crippen LogP contribution < -0.4 is 10.6 Å². The molecule has 0 aromatic heterocycles. The van der Waals surface area contributed by atoms with E-state index in [-0.39, 0.29) is 6.04 Å². The summed E-state index contributed by atoms with van der Waals surface area (Å²) in [6, 6.07) is 0.163. The molecule has 0 aromatic carbocycles. The summed E-state index contributed by atoms with van der Waals surface area (Å²) in [6.45, 7) is 1.22. The van der Waals surface area contributed by atoms with Gasteiger partial charge in [0.05, 0.1) is 0 Å². The molecule has 13 heavy (non-hydrogen) atoms. The molecule has 1 fully saturated rings. The molecule has 0 bridgehead atoms. The Morgan fingerprint density at radius 2 is 2.31 bits per heavy atom. The Bertz CT molecular complexity index is 170. The second-order valence-corrected chi connectivity index (χ2v) is 3.19. The number of carbonyl (C=O) groups excluding carboxylic acids is 1. The topological polar surface area (TPSA) is 41.1 Å². The summed E-state index contributed by atoms with van der Waals surface area (Å²) < 4.78 is 23.5. The van der Waals surface area contributed by atoms with E-state index in [1.54, 1.807) is 0 Å². The molecular formula is C8H14F2N2O. The molecule has 3 nitrogen and oxygen atoms in total. The molecule has 1 saturated heterocycles. The lowest BCUT2D eigenvalue weighted by Gasteiger charge is -2.23. The molecule has 1 amide bonds. The van der Waals surface area contributed by atoms with Crippen LogP contribution in [0, 0.1) is 0 Å². The van der Waals surface area contributed by atoms with Crippen LogP contribution in [0.4, 0.5) is 8.78 Å². The SMILES string of the molecule is O=C(NCC1CCCCN1)C(F)F. The van der Waals surface area contributed by atoms with Gasteiger partial charge in [-0.3, -0.25) is 4.79 Å². The Balaban J connectivity index is 2.13. The second-order valence-electron chi connectivity index (χ2n) is 3.19. The number of halogens is 2. The van der Waals surface area contributed by atoms with Gasteiger partial charge in [0.15, 0.2) is 0 Å². The van der Waals surface area contributed by atoms with Crippen molar-refractivity contribution in [1.29, 1.82) is 0 Å². The highest BCUT2D eigenvalue weighted by atomic mass is 19.3. The zero-order valence-corrected chi connectivity index (χ0v) is 7.35. The lowest BCUT2D eigenvalue weighted by atomic mass is 10.1. The standard InChI is InChI=1S/C8H14F2N2O/c9-7(10)8(13)12-5-6-3-1-2-4-11-6/h6-7,11H,1-5H2,(H,12,13). The van der Waals surface area contributed by atoms with Crippen molar-refractivity contribution >= 4 is 5.91 Å². The maximum atomic E-state index is 11.8. The number of piperidine rings is 1. The zero-order chi connectivity index (χ0) is 9.68. The second kappa shape index (κ2) is 5.11. The first kappa shape index (κ1) is 10.4. The van der Waals surface area contributed by atoms with Crippen LogP contribution in [0.1, 0.15) is 19.3 Å². The van der Waals surface area contributed by atoms with E-state index in [1.807, 2.05) is 0 Å². The van der Waals surface area contributed by atoms with E-state index in [0.717, 1.165) is 25.8 Å². The summed E-state index contributed by atoms with van der Waals surface area (Å²) in [6.07, 6.45) is 0.272. The Hall–Kier alpha value is -0.710. The van der Waals surface area contributed by atoms with Crippen molar-refractivity contribution in [2.24, 2.45) is 0 Å². The van der Waals surface area contributed by atoms with Crippen molar-refractivity contribution in [3.63, 3.8) is 0 Å². The summed E-state index contributed by atoms with van der Waals surface area (Å²) >= 11 is 0. The molecule has 1 unspecified atom stereocenters. The van der Waals surface area contributed by atoms with E-state index in [2.05, 4.69) is 10.6 Å². The highest BCUT2D eigenvalue weighted by Crippen LogP contribution is 2.05. The van der Waals surface area contributed by atoms with Gasteiger partial charge in [0, 0.05) is 12.6 Å². The fraction of sp³-hybridized carbons (Fsp3) is 0.875. The van der Waals surface area contributed by atoms with Crippen LogP contribution in [0.15, 0.2) is 0 Å². The van der Waals surface area contributed by atoms with Gasteiger partial charge < -0.3 is 10.6 Å². The average Bonchev–Trinajstić information content (AvgIpc) is 2.15. The Kier molecular flexibility index (Phi) is 4.08. The van der Waals surface area contributed by atoms with Crippen molar-refractivity contribution in [1.82, 2.24) is 10.6 Å². The first-order chi connectivity index (χ1) is 6.20. The summed E-state index contributed by atoms with van der Waals surface area (Å²) in [7, 11) is 0. The summed E-state index contributed by atoms with van der Waals surface area (Å²) in [4.78, 5) is 10.5. The third-order valence-corrected chi connectivity index (χ3v) is 2.13. The van der Waals surface area contributed by atoms with E-state index in [4.69, 9.17) is 0 Å². The van der Waals surface area contributed by atoms with Crippen LogP contribution in [-0.4, -0.2) is 31.5 Å². The van der Waals surface area contributed by atoms with E-state index in [0.29, 0.717) is 6.54 Å². The molecule has 5 heteroatoms. The quantitative estimate of drug-likeness (QED) is 0.684. The molecular weight excluding hydrogens is 178 g/mol. The zero-order valence-electron chi connectivity index (χ0n) is 7.35. The molecule has 76 valence electrons. The number of hydrogen-bond acceptors (Lipinski definition) is 2. The minimum atomic E-state index is -2.90. The van der Waals surface area contributed by atoms with Gasteiger partial charge in [0.2, 0.25) is 0 Å². The van der Waals surface area contributed by atoms with Gasteiger partial charge >= 0.3 is 6.43 Å². The predicted octanol–water partition coefficient (Wildman–Crippen LogP) is 0.510. The minimum absolute atomic E-state index is 0.163. The molecule has 2 N–H and O–H groups in total. The first-order valence-electron chi connectivity index (χ1n) is 4.49. The average molecular weight is 192 g/mol. The third kappa shape index (κ3) is 3.67. The normalized spacial score (nSPS) is 23.2. The molecule has 0 aliphatic carbocycles. The molecule has 1 aliphatic heterocycles. The van der Waals surface area contributed by atoms with E-state index >= 15 is 0 Å². The van der Waals surface area contributed by atoms with Gasteiger partial charge in [0.1, 0.15) is 0 Å². The van der Waals surface area contributed by atoms with Crippen LogP contribution in [0.2, 0.25) is 0 Å². The lowest BCUT2D eigenvalue weighted by molar-refractivity contribution is -0.131. The number of amides is 1. The fourth-order valence-electron chi connectivity index (χ4n) is 1.40. The molecule has 1 heterocycles. The Labute approximate surface area is 75.9 Å². The Morgan fingerprint density at radius 1 is 1.54 bits per heavy atom. The van der Waals surface area contributed by atoms with Gasteiger partial charge in [-0.25, -0.2) is 0 Å². The van der Waals surface area contributed by atoms with Gasteiger partial charge in [-0.15, -0.1) is 0 Å². The van der Waals surface area contributed by atoms with E-state index in [1.165, 1.54) is 0 Å². The maximum Gasteiger partial charge on any atom is 0.315 e. The van der Waals surface area contributed by atoms with Crippen molar-refractivity contribution in [3.8, 4) is 0 Å². The molecule has 1 aliphatic rings. The summed E-state index contributed by atoms with van der Waals surface area (Å²) in [5, 5.41) is 5.35. The monoisotopic (exact) mass is 192 g/mol. The van der Waals surface area contributed by atoms with Crippen molar-refractivity contribution in [2.75, 3.05) is 13.1 Å². The number of hydrogen-bond donors (Lipinski definition) is 2. The minimum Gasteiger partial charge on any atom is -0.350 e. The van der Waals surface area contributed by atoms with Gasteiger partial charge in [-0.2, -0.15) is 8.78 Å². The maximum absolute atomic E-state index is 11.8. The number of alkyl halides is 2. The summed E-state index contributed by atoms with van der Waals surface area (Å²) in [5.41, 5.74) is 0. The van der Waals surface area contributed by atoms with Crippen molar-refractivity contribution in [3.05, 3.63) is 0 Å². The van der Waals surface area contributed by atoms with Gasteiger partial charge in [-0.05, 0) is 19.4 Å². The molecule has 1 atom stereocenters. The smallest absolute Gasteiger partial charge is 0.315 e. The molecule has 0 saturated carbocycles. The first-order valence-corrected chi connectivity index (χ1v) is 4.49. The fourth-order valence-corrected chi connectivity index (χ4v) is 1.40. The predicted molar refractivity (Wildman–Crippen MR) is 44.7 cm³/mol. The van der Waals surface area contributed by atoms with Crippen LogP contribution >= 0.6 is 0 Å². The largest absolute Gasteiger partial charge is 0.350 e. The van der Waals surface area contributed by atoms with Crippen LogP contribution in [-0.2, 0) is 4.79 Å². The Morgan fingerprint density at radius 3 is 2.85 bits per heavy atom. The molecule has 1 rings (SSSR count). The number of carbonyl (C=O) groups is 1. The van der Waals surface area contributed by atoms with Crippen LogP contribution in [0.5, 0.6) is 0 Å². The number of nitrogens with one attached hydrogen (secondary N) is 2. The van der Waals surface area contributed by atoms with E-state index < -0.39 is 12.3 Å². The van der Waals surface area contributed by atoms with Gasteiger partial charge in [-0.1, -0.05) is 6.42 Å². The lowest BCUT2D eigenvalue weighted by Crippen LogP contribution is -2.44. The number of rotatable bonds is 3. The molecule has 0 aromatic rings. The third-order valence-electron chi connectivity index (χ3n) is 2.13. The summed E-state index contributed by atoms with van der Waals surface area (Å²) in [5.74, 6) is -1.17. The highest BCUT2D eigenvalue weighted by Gasteiger charge is 2.17. The van der Waals surface area contributed by atoms with Crippen molar-refractivity contribution < 1.29 is 13.6 Å². The van der Waals surface area contributed by atoms with Crippen molar-refractivity contribution in [2.45, 2.75) is 31.7 Å². The van der Waals surface area contributed by atoms with Crippen LogP contribution in [0.25, 0.3) is 0 Å². The highest BCUT2D eigenvalue weighted by molar-refractivity contribution is 5.79. The molecule has 0 spiro atoms. The van der Waals surface area contributed by atoms with E-state index in [9.17, 15) is 13.6 Å².